The zero-order valence-corrected chi connectivity index (χ0v) is 16.9. The van der Waals surface area contributed by atoms with Crippen LogP contribution in [0, 0.1) is 5.41 Å². The molecule has 0 saturated heterocycles. The first kappa shape index (κ1) is 19.1. The van der Waals surface area contributed by atoms with Crippen LogP contribution in [-0.2, 0) is 18.3 Å². The number of nitrogens with zero attached hydrogens (tertiary/aromatic N) is 3. The number of amides is 1. The van der Waals surface area contributed by atoms with Crippen LogP contribution >= 0.6 is 0 Å². The molecule has 3 aromatic heterocycles. The highest BCUT2D eigenvalue weighted by atomic mass is 16.3. The fraction of sp³-hybridized carbons (Fsp3) is 0.318. The second-order valence-corrected chi connectivity index (χ2v) is 8.25. The zero-order chi connectivity index (χ0) is 20.6. The molecule has 0 unspecified atom stereocenters. The average Bonchev–Trinajstić information content (AvgIpc) is 3.30. The van der Waals surface area contributed by atoms with E-state index >= 15 is 0 Å². The summed E-state index contributed by atoms with van der Waals surface area (Å²) in [4.78, 5) is 20.2. The van der Waals surface area contributed by atoms with E-state index in [9.17, 15) is 9.90 Å². The lowest BCUT2D eigenvalue weighted by atomic mass is 9.95. The number of hydrogen-bond acceptors (Lipinski definition) is 4. The molecular formula is C22H25N5O2. The summed E-state index contributed by atoms with van der Waals surface area (Å²) >= 11 is 0. The van der Waals surface area contributed by atoms with Crippen molar-refractivity contribution in [2.75, 3.05) is 13.2 Å². The van der Waals surface area contributed by atoms with Gasteiger partial charge in [-0.05, 0) is 23.3 Å². The maximum absolute atomic E-state index is 12.3. The minimum Gasteiger partial charge on any atom is -0.396 e. The Labute approximate surface area is 168 Å². The van der Waals surface area contributed by atoms with E-state index in [1.54, 1.807) is 0 Å². The predicted molar refractivity (Wildman–Crippen MR) is 113 cm³/mol. The summed E-state index contributed by atoms with van der Waals surface area (Å²) in [6.45, 7) is 4.30. The van der Waals surface area contributed by atoms with Gasteiger partial charge >= 0.3 is 0 Å². The predicted octanol–water partition coefficient (Wildman–Crippen LogP) is 2.79. The largest absolute Gasteiger partial charge is 0.396 e. The number of pyridine rings is 1. The van der Waals surface area contributed by atoms with Gasteiger partial charge in [-0.3, -0.25) is 9.48 Å². The molecule has 0 aliphatic heterocycles. The van der Waals surface area contributed by atoms with Crippen LogP contribution < -0.4 is 5.32 Å². The highest BCUT2D eigenvalue weighted by molar-refractivity contribution is 6.04. The van der Waals surface area contributed by atoms with Gasteiger partial charge in [-0.1, -0.05) is 32.0 Å². The van der Waals surface area contributed by atoms with Crippen LogP contribution in [0.1, 0.15) is 19.4 Å². The molecule has 4 aromatic rings. The maximum atomic E-state index is 12.3. The van der Waals surface area contributed by atoms with Crippen LogP contribution in [-0.4, -0.2) is 43.9 Å². The second-order valence-electron chi connectivity index (χ2n) is 8.25. The Morgan fingerprint density at radius 3 is 2.90 bits per heavy atom. The van der Waals surface area contributed by atoms with Gasteiger partial charge in [0, 0.05) is 48.3 Å². The van der Waals surface area contributed by atoms with Crippen LogP contribution in [0.3, 0.4) is 0 Å². The van der Waals surface area contributed by atoms with E-state index in [0.717, 1.165) is 38.8 Å². The average molecular weight is 391 g/mol. The summed E-state index contributed by atoms with van der Waals surface area (Å²) in [5, 5.41) is 18.6. The molecule has 1 aromatic carbocycles. The van der Waals surface area contributed by atoms with E-state index in [1.807, 2.05) is 62.2 Å². The number of carbonyl (C=O) groups is 1. The zero-order valence-electron chi connectivity index (χ0n) is 16.9. The van der Waals surface area contributed by atoms with Crippen LogP contribution in [0.15, 0.2) is 42.7 Å². The van der Waals surface area contributed by atoms with Crippen molar-refractivity contribution in [2.24, 2.45) is 12.5 Å². The molecule has 0 fully saturated rings. The van der Waals surface area contributed by atoms with Crippen molar-refractivity contribution in [3.05, 3.63) is 48.3 Å². The molecule has 1 amide bonds. The number of aryl methyl sites for hydroxylation is 1. The van der Waals surface area contributed by atoms with Gasteiger partial charge in [-0.2, -0.15) is 5.10 Å². The fourth-order valence-corrected chi connectivity index (χ4v) is 3.38. The minimum absolute atomic E-state index is 0.0289. The molecule has 0 spiro atoms. The lowest BCUT2D eigenvalue weighted by Gasteiger charge is -2.21. The topological polar surface area (TPSA) is 95.8 Å². The van der Waals surface area contributed by atoms with E-state index in [4.69, 9.17) is 0 Å². The Hall–Kier alpha value is -3.19. The normalized spacial score (nSPS) is 12.0. The Morgan fingerprint density at radius 1 is 1.28 bits per heavy atom. The molecule has 0 saturated carbocycles. The van der Waals surface area contributed by atoms with Gasteiger partial charge < -0.3 is 15.4 Å². The van der Waals surface area contributed by atoms with Crippen molar-refractivity contribution in [1.29, 1.82) is 0 Å². The van der Waals surface area contributed by atoms with Crippen molar-refractivity contribution in [3.63, 3.8) is 0 Å². The van der Waals surface area contributed by atoms with Gasteiger partial charge in [0.2, 0.25) is 5.91 Å². The molecule has 0 aliphatic rings. The van der Waals surface area contributed by atoms with Gasteiger partial charge in [-0.15, -0.1) is 0 Å². The van der Waals surface area contributed by atoms with E-state index in [-0.39, 0.29) is 17.9 Å². The van der Waals surface area contributed by atoms with Crippen molar-refractivity contribution in [1.82, 2.24) is 25.1 Å². The molecular weight excluding hydrogens is 366 g/mol. The molecule has 0 aliphatic carbocycles. The summed E-state index contributed by atoms with van der Waals surface area (Å²) < 4.78 is 1.85. The second kappa shape index (κ2) is 7.33. The molecule has 4 rings (SSSR count). The Bertz CT molecular complexity index is 1190. The molecule has 29 heavy (non-hydrogen) atoms. The molecule has 0 bridgehead atoms. The molecule has 0 radical (unpaired) electrons. The van der Waals surface area contributed by atoms with Crippen LogP contribution in [0.4, 0.5) is 0 Å². The number of carbonyl (C=O) groups excluding carboxylic acids is 1. The summed E-state index contributed by atoms with van der Waals surface area (Å²) in [7, 11) is 1.92. The molecule has 0 atom stereocenters. The summed E-state index contributed by atoms with van der Waals surface area (Å²) in [5.41, 5.74) is 4.40. The first-order valence-electron chi connectivity index (χ1n) is 9.63. The van der Waals surface area contributed by atoms with Crippen molar-refractivity contribution in [2.45, 2.75) is 20.3 Å². The SMILES string of the molecule is Cn1ncc2cnc3[nH]c(-c4cccc(CC(=O)NCC(C)(C)CO)c4)cc3c21. The molecule has 7 heteroatoms. The molecule has 150 valence electrons. The third-order valence-corrected chi connectivity index (χ3v) is 5.15. The summed E-state index contributed by atoms with van der Waals surface area (Å²) in [6.07, 6.45) is 3.92. The number of aliphatic hydroxyl groups excluding tert-OH is 1. The molecule has 3 heterocycles. The van der Waals surface area contributed by atoms with Crippen molar-refractivity contribution in [3.8, 4) is 11.3 Å². The van der Waals surface area contributed by atoms with Gasteiger partial charge in [0.05, 0.1) is 18.1 Å². The van der Waals surface area contributed by atoms with Crippen molar-refractivity contribution < 1.29 is 9.90 Å². The standard InChI is InChI=1S/C22H25N5O2/c1-22(2,13-28)12-24-19(29)8-14-5-4-6-15(7-14)18-9-17-20-16(11-25-27(20)3)10-23-21(17)26-18/h4-7,9-11,28H,8,12-13H2,1-3H3,(H,23,26)(H,24,29). The quantitative estimate of drug-likeness (QED) is 0.471. The van der Waals surface area contributed by atoms with Crippen LogP contribution in [0.25, 0.3) is 33.2 Å². The number of benzene rings is 1. The van der Waals surface area contributed by atoms with Gasteiger partial charge in [0.1, 0.15) is 5.65 Å². The van der Waals surface area contributed by atoms with E-state index in [1.165, 1.54) is 0 Å². The lowest BCUT2D eigenvalue weighted by Crippen LogP contribution is -2.36. The van der Waals surface area contributed by atoms with Crippen LogP contribution in [0.5, 0.6) is 0 Å². The first-order valence-corrected chi connectivity index (χ1v) is 9.63. The van der Waals surface area contributed by atoms with E-state index in [0.29, 0.717) is 13.0 Å². The number of hydrogen-bond donors (Lipinski definition) is 3. The van der Waals surface area contributed by atoms with Gasteiger partial charge in [0.15, 0.2) is 0 Å². The lowest BCUT2D eigenvalue weighted by molar-refractivity contribution is -0.121. The third-order valence-electron chi connectivity index (χ3n) is 5.15. The number of rotatable bonds is 6. The fourth-order valence-electron chi connectivity index (χ4n) is 3.38. The number of aromatic amines is 1. The van der Waals surface area contributed by atoms with Crippen molar-refractivity contribution >= 4 is 27.8 Å². The maximum Gasteiger partial charge on any atom is 0.224 e. The number of fused-ring (bicyclic) bond motifs is 3. The highest BCUT2D eigenvalue weighted by Gasteiger charge is 2.17. The number of aliphatic hydroxyl groups is 1. The molecule has 3 N–H and O–H groups in total. The number of nitrogens with one attached hydrogen (secondary N) is 2. The Morgan fingerprint density at radius 2 is 2.10 bits per heavy atom. The van der Waals surface area contributed by atoms with Gasteiger partial charge in [0.25, 0.3) is 0 Å². The summed E-state index contributed by atoms with van der Waals surface area (Å²) in [6, 6.07) is 10.0. The smallest absolute Gasteiger partial charge is 0.224 e. The first-order chi connectivity index (χ1) is 13.9. The minimum atomic E-state index is -0.327. The highest BCUT2D eigenvalue weighted by Crippen LogP contribution is 2.28. The molecule has 7 nitrogen and oxygen atoms in total. The van der Waals surface area contributed by atoms with Gasteiger partial charge in [-0.25, -0.2) is 4.98 Å². The van der Waals surface area contributed by atoms with Crippen LogP contribution in [0.2, 0.25) is 0 Å². The summed E-state index contributed by atoms with van der Waals surface area (Å²) in [5.74, 6) is -0.0569. The Balaban J connectivity index is 1.58. The number of H-pyrrole nitrogens is 1. The third kappa shape index (κ3) is 3.86. The van der Waals surface area contributed by atoms with E-state index < -0.39 is 0 Å². The Kier molecular flexibility index (Phi) is 4.84. The number of aromatic nitrogens is 4. The van der Waals surface area contributed by atoms with E-state index in [2.05, 4.69) is 26.4 Å². The monoisotopic (exact) mass is 391 g/mol.